The molecular weight excluding hydrogens is 142 g/mol. The smallest absolute Gasteiger partial charge is 0.126 e. The lowest BCUT2D eigenvalue weighted by Crippen LogP contribution is -1.69. The molecule has 0 saturated heterocycles. The average Bonchev–Trinajstić information content (AvgIpc) is 1.88. The SMILES string of the molecule is CC#N.CC(C)=O.CCCO. The predicted molar refractivity (Wildman–Crippen MR) is 45.0 cm³/mol. The third-order valence-corrected chi connectivity index (χ3v) is 0.224. The lowest BCUT2D eigenvalue weighted by Gasteiger charge is -1.69. The predicted octanol–water partition coefficient (Wildman–Crippen LogP) is 1.51. The molecule has 66 valence electrons. The molecule has 3 nitrogen and oxygen atoms in total. The summed E-state index contributed by atoms with van der Waals surface area (Å²) in [5, 5.41) is 15.2. The van der Waals surface area contributed by atoms with Crippen LogP contribution in [-0.4, -0.2) is 17.5 Å². The highest BCUT2D eigenvalue weighted by atomic mass is 16.2. The van der Waals surface area contributed by atoms with Crippen LogP contribution < -0.4 is 0 Å². The zero-order valence-corrected chi connectivity index (χ0v) is 7.72. The number of ketones is 1. The molecule has 0 fully saturated rings. The summed E-state index contributed by atoms with van der Waals surface area (Å²) in [5.41, 5.74) is 0. The number of nitrogens with zero attached hydrogens (tertiary/aromatic N) is 1. The summed E-state index contributed by atoms with van der Waals surface area (Å²) in [7, 11) is 0. The number of Topliss-reactive ketones (excluding diaryl/α,β-unsaturated/α-hetero) is 1. The maximum absolute atomic E-state index is 9.44. The minimum Gasteiger partial charge on any atom is -0.396 e. The summed E-state index contributed by atoms with van der Waals surface area (Å²) < 4.78 is 0. The first kappa shape index (κ1) is 16.6. The molecule has 0 spiro atoms. The Morgan fingerprint density at radius 2 is 1.64 bits per heavy atom. The quantitative estimate of drug-likeness (QED) is 0.631. The fraction of sp³-hybridized carbons (Fsp3) is 0.750. The van der Waals surface area contributed by atoms with Crippen LogP contribution in [0, 0.1) is 11.3 Å². The van der Waals surface area contributed by atoms with E-state index >= 15 is 0 Å². The summed E-state index contributed by atoms with van der Waals surface area (Å²) in [6.07, 6.45) is 0.875. The van der Waals surface area contributed by atoms with Crippen molar-refractivity contribution >= 4 is 5.78 Å². The summed E-state index contributed by atoms with van der Waals surface area (Å²) in [4.78, 5) is 9.44. The van der Waals surface area contributed by atoms with Crippen LogP contribution in [0.3, 0.4) is 0 Å². The van der Waals surface area contributed by atoms with Gasteiger partial charge in [-0.2, -0.15) is 5.26 Å². The molecule has 11 heavy (non-hydrogen) atoms. The van der Waals surface area contributed by atoms with Gasteiger partial charge in [-0.05, 0) is 20.3 Å². The zero-order valence-electron chi connectivity index (χ0n) is 7.72. The zero-order chi connectivity index (χ0) is 9.70. The molecule has 0 aromatic carbocycles. The van der Waals surface area contributed by atoms with Gasteiger partial charge in [-0.15, -0.1) is 0 Å². The Hall–Kier alpha value is -0.880. The molecule has 0 saturated carbocycles. The molecule has 1 N–H and O–H groups in total. The highest BCUT2D eigenvalue weighted by Gasteiger charge is 1.62. The molecule has 0 unspecified atom stereocenters. The van der Waals surface area contributed by atoms with Crippen LogP contribution in [0.4, 0.5) is 0 Å². The second-order valence-electron chi connectivity index (χ2n) is 1.86. The van der Waals surface area contributed by atoms with E-state index in [-0.39, 0.29) is 5.78 Å². The maximum atomic E-state index is 9.44. The van der Waals surface area contributed by atoms with E-state index in [4.69, 9.17) is 10.4 Å². The van der Waals surface area contributed by atoms with E-state index in [1.807, 2.05) is 6.92 Å². The van der Waals surface area contributed by atoms with Gasteiger partial charge < -0.3 is 9.90 Å². The van der Waals surface area contributed by atoms with Crippen molar-refractivity contribution in [3.63, 3.8) is 0 Å². The first-order chi connectivity index (χ1) is 5.06. The van der Waals surface area contributed by atoms with E-state index in [1.165, 1.54) is 20.8 Å². The molecule has 0 radical (unpaired) electrons. The van der Waals surface area contributed by atoms with E-state index in [9.17, 15) is 4.79 Å². The maximum Gasteiger partial charge on any atom is 0.126 e. The van der Waals surface area contributed by atoms with Gasteiger partial charge in [-0.1, -0.05) is 6.92 Å². The van der Waals surface area contributed by atoms with E-state index in [0.717, 1.165) is 6.42 Å². The average molecular weight is 159 g/mol. The van der Waals surface area contributed by atoms with Crippen LogP contribution in [0.25, 0.3) is 0 Å². The van der Waals surface area contributed by atoms with Crippen LogP contribution in [0.2, 0.25) is 0 Å². The van der Waals surface area contributed by atoms with Gasteiger partial charge in [0, 0.05) is 13.5 Å². The minimum absolute atomic E-state index is 0.167. The number of hydrogen-bond acceptors (Lipinski definition) is 3. The lowest BCUT2D eigenvalue weighted by atomic mass is 10.5. The fourth-order valence-corrected chi connectivity index (χ4v) is 0. The monoisotopic (exact) mass is 159 g/mol. The molecule has 3 heteroatoms. The topological polar surface area (TPSA) is 61.1 Å². The Morgan fingerprint density at radius 3 is 1.64 bits per heavy atom. The van der Waals surface area contributed by atoms with Gasteiger partial charge in [0.05, 0.1) is 6.07 Å². The molecule has 0 heterocycles. The van der Waals surface area contributed by atoms with Gasteiger partial charge >= 0.3 is 0 Å². The number of rotatable bonds is 1. The van der Waals surface area contributed by atoms with E-state index in [0.29, 0.717) is 6.61 Å². The van der Waals surface area contributed by atoms with Gasteiger partial charge in [-0.25, -0.2) is 0 Å². The van der Waals surface area contributed by atoms with Crippen LogP contribution >= 0.6 is 0 Å². The second kappa shape index (κ2) is 22.9. The first-order valence-electron chi connectivity index (χ1n) is 3.45. The van der Waals surface area contributed by atoms with Gasteiger partial charge in [-0.3, -0.25) is 0 Å². The molecule has 0 aromatic heterocycles. The lowest BCUT2D eigenvalue weighted by molar-refractivity contribution is -0.114. The number of nitriles is 1. The van der Waals surface area contributed by atoms with Crippen molar-refractivity contribution in [1.29, 1.82) is 5.26 Å². The highest BCUT2D eigenvalue weighted by Crippen LogP contribution is 1.61. The molecule has 0 aliphatic carbocycles. The van der Waals surface area contributed by atoms with Crippen molar-refractivity contribution in [2.24, 2.45) is 0 Å². The van der Waals surface area contributed by atoms with Gasteiger partial charge in [0.2, 0.25) is 0 Å². The van der Waals surface area contributed by atoms with Gasteiger partial charge in [0.15, 0.2) is 0 Å². The highest BCUT2D eigenvalue weighted by molar-refractivity contribution is 5.72. The van der Waals surface area contributed by atoms with E-state index in [1.54, 1.807) is 6.07 Å². The largest absolute Gasteiger partial charge is 0.396 e. The van der Waals surface area contributed by atoms with Gasteiger partial charge in [0.1, 0.15) is 5.78 Å². The van der Waals surface area contributed by atoms with Crippen molar-refractivity contribution in [3.8, 4) is 6.07 Å². The Balaban J connectivity index is -0.0000000886. The standard InChI is InChI=1S/C3H6O.C3H8O.C2H3N/c1-3(2)4;1-2-3-4;1-2-3/h1-2H3;4H,2-3H2,1H3;1H3. The Morgan fingerprint density at radius 1 is 1.55 bits per heavy atom. The molecule has 0 aliphatic heterocycles. The molecule has 0 atom stereocenters. The number of aliphatic hydroxyl groups excluding tert-OH is 1. The molecule has 0 aliphatic rings. The van der Waals surface area contributed by atoms with Crippen molar-refractivity contribution in [1.82, 2.24) is 0 Å². The third kappa shape index (κ3) is 32100. The normalized spacial score (nSPS) is 5.82. The minimum atomic E-state index is 0.167. The number of aliphatic hydroxyl groups is 1. The molecule has 0 bridgehead atoms. The third-order valence-electron chi connectivity index (χ3n) is 0.224. The summed E-state index contributed by atoms with van der Waals surface area (Å²) in [6, 6.07) is 1.75. The van der Waals surface area contributed by atoms with Crippen LogP contribution in [0.15, 0.2) is 0 Å². The first-order valence-corrected chi connectivity index (χ1v) is 3.45. The molecule has 0 rings (SSSR count). The van der Waals surface area contributed by atoms with Crippen LogP contribution in [0.5, 0.6) is 0 Å². The van der Waals surface area contributed by atoms with Crippen molar-refractivity contribution in [2.75, 3.05) is 6.61 Å². The number of hydrogen-bond donors (Lipinski definition) is 1. The summed E-state index contributed by atoms with van der Waals surface area (Å²) >= 11 is 0. The molecular formula is C8H17NO2. The second-order valence-corrected chi connectivity index (χ2v) is 1.86. The Kier molecular flexibility index (Phi) is 34.6. The fourth-order valence-electron chi connectivity index (χ4n) is 0. The molecule has 0 amide bonds. The van der Waals surface area contributed by atoms with Crippen molar-refractivity contribution in [3.05, 3.63) is 0 Å². The van der Waals surface area contributed by atoms with Crippen LogP contribution in [0.1, 0.15) is 34.1 Å². The number of carbonyl (C=O) groups is 1. The van der Waals surface area contributed by atoms with Crippen molar-refractivity contribution < 1.29 is 9.90 Å². The molecule has 0 aromatic rings. The Labute approximate surface area is 68.7 Å². The van der Waals surface area contributed by atoms with Crippen molar-refractivity contribution in [2.45, 2.75) is 34.1 Å². The summed E-state index contributed by atoms with van der Waals surface area (Å²) in [5.74, 6) is 0.167. The number of carbonyl (C=O) groups excluding carboxylic acids is 1. The van der Waals surface area contributed by atoms with E-state index in [2.05, 4.69) is 0 Å². The Bertz CT molecular complexity index is 99.1. The van der Waals surface area contributed by atoms with Crippen LogP contribution in [-0.2, 0) is 4.79 Å². The van der Waals surface area contributed by atoms with Gasteiger partial charge in [0.25, 0.3) is 0 Å². The van der Waals surface area contributed by atoms with E-state index < -0.39 is 0 Å². The summed E-state index contributed by atoms with van der Waals surface area (Å²) in [6.45, 7) is 6.74.